The molecule has 1 atom stereocenters. The fourth-order valence-electron chi connectivity index (χ4n) is 3.64. The van der Waals surface area contributed by atoms with Crippen LogP contribution in [0.1, 0.15) is 26.9 Å². The van der Waals surface area contributed by atoms with Gasteiger partial charge in [-0.25, -0.2) is 0 Å². The Morgan fingerprint density at radius 3 is 2.59 bits per heavy atom. The topological polar surface area (TPSA) is 58.6 Å². The molecular weight excluding hydrogens is 444 g/mol. The van der Waals surface area contributed by atoms with E-state index in [1.165, 1.54) is 12.7 Å². The van der Waals surface area contributed by atoms with Gasteiger partial charge < -0.3 is 15.0 Å². The first-order chi connectivity index (χ1) is 15.5. The monoisotopic (exact) mass is 466 g/mol. The van der Waals surface area contributed by atoms with E-state index in [1.807, 2.05) is 35.2 Å². The Balaban J connectivity index is 1.45. The Morgan fingerprint density at radius 1 is 1.12 bits per heavy atom. The molecule has 1 unspecified atom stereocenters. The normalized spacial score (nSPS) is 15.6. The summed E-state index contributed by atoms with van der Waals surface area (Å²) >= 11 is 7.66. The average molecular weight is 467 g/mol. The van der Waals surface area contributed by atoms with Gasteiger partial charge in [0.15, 0.2) is 0 Å². The first-order valence-corrected chi connectivity index (χ1v) is 11.7. The maximum Gasteiger partial charge on any atom is 0.255 e. The molecule has 1 fully saturated rings. The summed E-state index contributed by atoms with van der Waals surface area (Å²) in [6, 6.07) is 22.6. The highest BCUT2D eigenvalue weighted by atomic mass is 35.5. The number of nitrogens with one attached hydrogen (secondary N) is 1. The maximum atomic E-state index is 12.7. The van der Waals surface area contributed by atoms with Crippen molar-refractivity contribution in [2.24, 2.45) is 0 Å². The second-order valence-electron chi connectivity index (χ2n) is 7.41. The van der Waals surface area contributed by atoms with Crippen LogP contribution in [-0.2, 0) is 11.2 Å². The molecule has 0 spiro atoms. The molecule has 7 heteroatoms. The smallest absolute Gasteiger partial charge is 0.255 e. The maximum absolute atomic E-state index is 12.7. The lowest BCUT2D eigenvalue weighted by Gasteiger charge is -2.24. The summed E-state index contributed by atoms with van der Waals surface area (Å²) in [5.41, 5.74) is 3.24. The highest BCUT2D eigenvalue weighted by molar-refractivity contribution is 8.00. The van der Waals surface area contributed by atoms with Crippen molar-refractivity contribution < 1.29 is 14.3 Å². The third-order valence-corrected chi connectivity index (χ3v) is 6.81. The van der Waals surface area contributed by atoms with Crippen molar-refractivity contribution in [1.29, 1.82) is 0 Å². The molecule has 0 radical (unpaired) electrons. The summed E-state index contributed by atoms with van der Waals surface area (Å²) in [6.07, 6.45) is 0.811. The van der Waals surface area contributed by atoms with Crippen LogP contribution in [0, 0.1) is 0 Å². The molecule has 0 aliphatic carbocycles. The van der Waals surface area contributed by atoms with E-state index >= 15 is 0 Å². The van der Waals surface area contributed by atoms with Crippen LogP contribution in [0.3, 0.4) is 0 Å². The van der Waals surface area contributed by atoms with Crippen LogP contribution in [0.15, 0.2) is 72.8 Å². The van der Waals surface area contributed by atoms with Gasteiger partial charge >= 0.3 is 0 Å². The van der Waals surface area contributed by atoms with Gasteiger partial charge in [0, 0.05) is 17.1 Å². The minimum atomic E-state index is -0.256. The highest BCUT2D eigenvalue weighted by Crippen LogP contribution is 2.38. The van der Waals surface area contributed by atoms with E-state index in [0.29, 0.717) is 34.3 Å². The first-order valence-electron chi connectivity index (χ1n) is 10.2. The molecular formula is C25H23ClN2O3S. The van der Waals surface area contributed by atoms with Gasteiger partial charge in [0.25, 0.3) is 5.91 Å². The molecule has 1 heterocycles. The van der Waals surface area contributed by atoms with Gasteiger partial charge in [0.05, 0.1) is 18.6 Å². The summed E-state index contributed by atoms with van der Waals surface area (Å²) in [4.78, 5) is 27.1. The largest absolute Gasteiger partial charge is 0.495 e. The van der Waals surface area contributed by atoms with Crippen LogP contribution >= 0.6 is 23.4 Å². The molecule has 0 saturated carbocycles. The van der Waals surface area contributed by atoms with E-state index in [9.17, 15) is 9.59 Å². The average Bonchev–Trinajstić information content (AvgIpc) is 3.19. The lowest BCUT2D eigenvalue weighted by molar-refractivity contribution is -0.128. The minimum absolute atomic E-state index is 0.0450. The molecule has 1 saturated heterocycles. The number of anilines is 1. The van der Waals surface area contributed by atoms with Gasteiger partial charge in [-0.2, -0.15) is 0 Å². The molecule has 4 rings (SSSR count). The van der Waals surface area contributed by atoms with Gasteiger partial charge in [-0.3, -0.25) is 9.59 Å². The van der Waals surface area contributed by atoms with Crippen LogP contribution in [0.2, 0.25) is 5.02 Å². The van der Waals surface area contributed by atoms with Crippen molar-refractivity contribution in [2.45, 2.75) is 11.8 Å². The Hall–Kier alpha value is -2.96. The number of benzene rings is 3. The van der Waals surface area contributed by atoms with Crippen LogP contribution in [0.25, 0.3) is 0 Å². The first kappa shape index (κ1) is 22.2. The molecule has 0 aromatic heterocycles. The molecule has 164 valence electrons. The third-order valence-electron chi connectivity index (χ3n) is 5.32. The van der Waals surface area contributed by atoms with Gasteiger partial charge in [-0.05, 0) is 47.9 Å². The number of hydrogen-bond acceptors (Lipinski definition) is 4. The van der Waals surface area contributed by atoms with E-state index in [0.717, 1.165) is 12.0 Å². The second kappa shape index (κ2) is 10.1. The second-order valence-corrected chi connectivity index (χ2v) is 8.91. The lowest BCUT2D eigenvalue weighted by atomic mass is 10.1. The molecule has 1 aliphatic heterocycles. The SMILES string of the molecule is COc1ccc(Cl)cc1NC(=O)c1ccc(C2SCC(=O)N2CCc2ccccc2)cc1. The van der Waals surface area contributed by atoms with E-state index < -0.39 is 0 Å². The molecule has 2 amide bonds. The zero-order valence-electron chi connectivity index (χ0n) is 17.6. The zero-order chi connectivity index (χ0) is 22.5. The van der Waals surface area contributed by atoms with E-state index in [2.05, 4.69) is 17.4 Å². The zero-order valence-corrected chi connectivity index (χ0v) is 19.2. The van der Waals surface area contributed by atoms with Gasteiger partial charge in [0.2, 0.25) is 5.91 Å². The van der Waals surface area contributed by atoms with Crippen molar-refractivity contribution in [3.63, 3.8) is 0 Å². The van der Waals surface area contributed by atoms with Crippen LogP contribution in [-0.4, -0.2) is 36.1 Å². The Kier molecular flexibility index (Phi) is 7.02. The number of carbonyl (C=O) groups is 2. The van der Waals surface area contributed by atoms with E-state index in [4.69, 9.17) is 16.3 Å². The molecule has 0 bridgehead atoms. The van der Waals surface area contributed by atoms with Crippen LogP contribution in [0.4, 0.5) is 5.69 Å². The molecule has 1 aliphatic rings. The molecule has 3 aromatic rings. The summed E-state index contributed by atoms with van der Waals surface area (Å²) in [6.45, 7) is 0.664. The van der Waals surface area contributed by atoms with Crippen molar-refractivity contribution in [1.82, 2.24) is 4.90 Å². The number of ether oxygens (including phenoxy) is 1. The Bertz CT molecular complexity index is 1110. The predicted octanol–water partition coefficient (Wildman–Crippen LogP) is 5.42. The Labute approximate surface area is 196 Å². The number of nitrogens with zero attached hydrogens (tertiary/aromatic N) is 1. The molecule has 3 aromatic carbocycles. The van der Waals surface area contributed by atoms with Gasteiger partial charge in [0.1, 0.15) is 11.1 Å². The predicted molar refractivity (Wildman–Crippen MR) is 129 cm³/mol. The van der Waals surface area contributed by atoms with Crippen molar-refractivity contribution in [2.75, 3.05) is 24.7 Å². The Morgan fingerprint density at radius 2 is 1.88 bits per heavy atom. The number of carbonyl (C=O) groups excluding carboxylic acids is 2. The quantitative estimate of drug-likeness (QED) is 0.505. The van der Waals surface area contributed by atoms with Gasteiger partial charge in [-0.1, -0.05) is 54.1 Å². The van der Waals surface area contributed by atoms with Crippen molar-refractivity contribution in [3.05, 3.63) is 94.5 Å². The molecule has 1 N–H and O–H groups in total. The van der Waals surface area contributed by atoms with Crippen molar-refractivity contribution in [3.8, 4) is 5.75 Å². The summed E-state index contributed by atoms with van der Waals surface area (Å²) in [5, 5.41) is 3.31. The highest BCUT2D eigenvalue weighted by Gasteiger charge is 2.32. The number of halogens is 1. The number of hydrogen-bond donors (Lipinski definition) is 1. The van der Waals surface area contributed by atoms with Gasteiger partial charge in [-0.15, -0.1) is 11.8 Å². The molecule has 5 nitrogen and oxygen atoms in total. The van der Waals surface area contributed by atoms with Crippen LogP contribution < -0.4 is 10.1 Å². The fourth-order valence-corrected chi connectivity index (χ4v) is 5.03. The van der Waals surface area contributed by atoms with Crippen LogP contribution in [0.5, 0.6) is 5.75 Å². The minimum Gasteiger partial charge on any atom is -0.495 e. The lowest BCUT2D eigenvalue weighted by Crippen LogP contribution is -2.30. The number of rotatable bonds is 7. The summed E-state index contributed by atoms with van der Waals surface area (Å²) in [5.74, 6) is 0.893. The number of methoxy groups -OCH3 is 1. The number of thioether (sulfide) groups is 1. The van der Waals surface area contributed by atoms with E-state index in [-0.39, 0.29) is 17.2 Å². The number of amides is 2. The van der Waals surface area contributed by atoms with Crippen molar-refractivity contribution >= 4 is 40.9 Å². The van der Waals surface area contributed by atoms with E-state index in [1.54, 1.807) is 42.1 Å². The third kappa shape index (κ3) is 5.09. The summed E-state index contributed by atoms with van der Waals surface area (Å²) in [7, 11) is 1.54. The summed E-state index contributed by atoms with van der Waals surface area (Å²) < 4.78 is 5.29. The molecule has 32 heavy (non-hydrogen) atoms. The standard InChI is InChI=1S/C25H23ClN2O3S/c1-31-22-12-11-20(26)15-21(22)27-24(30)18-7-9-19(10-8-18)25-28(23(29)16-32-25)14-13-17-5-3-2-4-6-17/h2-12,15,25H,13-14,16H2,1H3,(H,27,30). The fraction of sp³-hybridized carbons (Fsp3) is 0.200.